The van der Waals surface area contributed by atoms with Crippen molar-refractivity contribution in [2.45, 2.75) is 32.6 Å². The van der Waals surface area contributed by atoms with Crippen LogP contribution in [0.15, 0.2) is 120 Å². The Morgan fingerprint density at radius 3 is 2.24 bits per heavy atom. The number of aryl methyl sites for hydroxylation is 1. The summed E-state index contributed by atoms with van der Waals surface area (Å²) >= 11 is 0. The number of rotatable bonds is 4. The number of hydrogen-bond acceptors (Lipinski definition) is 1. The van der Waals surface area contributed by atoms with Crippen LogP contribution >= 0.6 is 0 Å². The number of nitrogens with zero attached hydrogens (tertiary/aromatic N) is 1. The summed E-state index contributed by atoms with van der Waals surface area (Å²) in [6, 6.07) is 35.5. The lowest BCUT2D eigenvalue weighted by Crippen LogP contribution is -2.15. The van der Waals surface area contributed by atoms with E-state index in [2.05, 4.69) is 128 Å². The lowest BCUT2D eigenvalue weighted by Gasteiger charge is -2.26. The normalized spacial score (nSPS) is 16.5. The Labute approximate surface area is 202 Å². The van der Waals surface area contributed by atoms with Crippen LogP contribution in [0.3, 0.4) is 0 Å². The maximum absolute atomic E-state index is 2.49. The minimum atomic E-state index is 0.423. The van der Waals surface area contributed by atoms with E-state index in [9.17, 15) is 0 Å². The van der Waals surface area contributed by atoms with E-state index in [1.165, 1.54) is 56.0 Å². The monoisotopic (exact) mass is 439 g/mol. The summed E-state index contributed by atoms with van der Waals surface area (Å²) < 4.78 is 0. The molecule has 1 atom stereocenters. The fourth-order valence-corrected chi connectivity index (χ4v) is 5.50. The zero-order chi connectivity index (χ0) is 23.1. The molecule has 0 spiro atoms. The van der Waals surface area contributed by atoms with Gasteiger partial charge in [-0.25, -0.2) is 0 Å². The zero-order valence-corrected chi connectivity index (χ0v) is 19.8. The van der Waals surface area contributed by atoms with Gasteiger partial charge in [-0.15, -0.1) is 0 Å². The molecule has 1 aliphatic carbocycles. The second kappa shape index (κ2) is 8.50. The molecule has 0 bridgehead atoms. The maximum atomic E-state index is 2.49. The molecule has 1 aliphatic heterocycles. The van der Waals surface area contributed by atoms with E-state index in [4.69, 9.17) is 0 Å². The number of allylic oxidation sites excluding steroid dienone is 4. The highest BCUT2D eigenvalue weighted by Crippen LogP contribution is 2.52. The Kier molecular flexibility index (Phi) is 5.19. The Bertz CT molecular complexity index is 1420. The topological polar surface area (TPSA) is 3.24 Å². The summed E-state index contributed by atoms with van der Waals surface area (Å²) in [4.78, 5) is 2.49. The number of para-hydroxylation sites is 1. The van der Waals surface area contributed by atoms with Gasteiger partial charge in [-0.05, 0) is 71.9 Å². The molecule has 2 aliphatic rings. The van der Waals surface area contributed by atoms with Crippen molar-refractivity contribution in [3.63, 3.8) is 0 Å². The summed E-state index contributed by atoms with van der Waals surface area (Å²) in [5.74, 6) is 0.423. The highest BCUT2D eigenvalue weighted by Gasteiger charge is 2.35. The molecule has 0 saturated heterocycles. The van der Waals surface area contributed by atoms with E-state index in [-0.39, 0.29) is 0 Å². The summed E-state index contributed by atoms with van der Waals surface area (Å²) in [5.41, 5.74) is 13.2. The lowest BCUT2D eigenvalue weighted by atomic mass is 9.87. The largest absolute Gasteiger partial charge is 0.313 e. The van der Waals surface area contributed by atoms with Crippen molar-refractivity contribution >= 4 is 11.4 Å². The summed E-state index contributed by atoms with van der Waals surface area (Å²) in [7, 11) is 0. The van der Waals surface area contributed by atoms with Gasteiger partial charge >= 0.3 is 0 Å². The molecule has 0 aromatic heterocycles. The van der Waals surface area contributed by atoms with Gasteiger partial charge in [-0.1, -0.05) is 103 Å². The molecular weight excluding hydrogens is 410 g/mol. The molecule has 1 nitrogen and oxygen atoms in total. The van der Waals surface area contributed by atoms with Crippen molar-refractivity contribution in [1.82, 2.24) is 0 Å². The fraction of sp³-hybridized carbons (Fsp3) is 0.152. The average Bonchev–Trinajstić information content (AvgIpc) is 3.22. The van der Waals surface area contributed by atoms with Crippen LogP contribution in [-0.4, -0.2) is 0 Å². The quantitative estimate of drug-likeness (QED) is 0.306. The maximum Gasteiger partial charge on any atom is 0.0503 e. The van der Waals surface area contributed by atoms with Crippen LogP contribution < -0.4 is 4.90 Å². The molecule has 1 heterocycles. The zero-order valence-electron chi connectivity index (χ0n) is 19.8. The Morgan fingerprint density at radius 2 is 1.50 bits per heavy atom. The van der Waals surface area contributed by atoms with Crippen molar-refractivity contribution in [3.05, 3.63) is 132 Å². The van der Waals surface area contributed by atoms with Crippen LogP contribution in [-0.2, 0) is 0 Å². The number of anilines is 2. The summed E-state index contributed by atoms with van der Waals surface area (Å²) in [6.45, 7) is 4.41. The van der Waals surface area contributed by atoms with E-state index in [0.29, 0.717) is 5.92 Å². The number of hydrogen-bond donors (Lipinski definition) is 0. The molecule has 4 aromatic carbocycles. The number of benzene rings is 4. The Hall–Kier alpha value is -3.84. The van der Waals surface area contributed by atoms with Gasteiger partial charge in [0.15, 0.2) is 0 Å². The SMILES string of the molecule is CCC1=CCC2C(=C1)N(c1ccccc1)c1cc(-c3ccccc3-c3cccc(C)c3)ccc12. The standard InChI is InChI=1S/C33H29N/c1-3-24-16-18-30-31-19-17-26(22-33(31)34(32(30)21-24)27-12-5-4-6-13-27)29-15-8-7-14-28(29)25-11-9-10-23(2)20-25/h4-17,19-22,30H,3,18H2,1-2H3. The van der Waals surface area contributed by atoms with E-state index in [0.717, 1.165) is 12.8 Å². The van der Waals surface area contributed by atoms with Crippen molar-refractivity contribution in [1.29, 1.82) is 0 Å². The van der Waals surface area contributed by atoms with Gasteiger partial charge in [0.2, 0.25) is 0 Å². The molecule has 0 fully saturated rings. The third-order valence-electron chi connectivity index (χ3n) is 7.20. The van der Waals surface area contributed by atoms with Crippen LogP contribution in [0.4, 0.5) is 11.4 Å². The van der Waals surface area contributed by atoms with Crippen LogP contribution in [0, 0.1) is 6.92 Å². The highest BCUT2D eigenvalue weighted by molar-refractivity contribution is 5.88. The first-order valence-electron chi connectivity index (χ1n) is 12.3. The first kappa shape index (κ1) is 20.7. The molecule has 1 unspecified atom stereocenters. The molecule has 0 saturated carbocycles. The second-order valence-corrected chi connectivity index (χ2v) is 9.35. The van der Waals surface area contributed by atoms with Crippen LogP contribution in [0.1, 0.15) is 36.8 Å². The fourth-order valence-electron chi connectivity index (χ4n) is 5.50. The van der Waals surface area contributed by atoms with Crippen molar-refractivity contribution in [2.24, 2.45) is 0 Å². The number of fused-ring (bicyclic) bond motifs is 3. The van der Waals surface area contributed by atoms with Crippen molar-refractivity contribution in [2.75, 3.05) is 4.90 Å². The first-order valence-corrected chi connectivity index (χ1v) is 12.3. The summed E-state index contributed by atoms with van der Waals surface area (Å²) in [5, 5.41) is 0. The molecule has 34 heavy (non-hydrogen) atoms. The molecular formula is C33H29N. The first-order chi connectivity index (χ1) is 16.7. The molecule has 1 heteroatoms. The molecule has 4 aromatic rings. The molecule has 0 amide bonds. The van der Waals surface area contributed by atoms with Crippen LogP contribution in [0.5, 0.6) is 0 Å². The van der Waals surface area contributed by atoms with E-state index in [1.54, 1.807) is 0 Å². The Morgan fingerprint density at radius 1 is 0.765 bits per heavy atom. The van der Waals surface area contributed by atoms with E-state index < -0.39 is 0 Å². The molecule has 166 valence electrons. The predicted octanol–water partition coefficient (Wildman–Crippen LogP) is 9.19. The highest BCUT2D eigenvalue weighted by atomic mass is 15.2. The van der Waals surface area contributed by atoms with Gasteiger partial charge in [-0.2, -0.15) is 0 Å². The summed E-state index contributed by atoms with van der Waals surface area (Å²) in [6.07, 6.45) is 6.99. The van der Waals surface area contributed by atoms with Crippen LogP contribution in [0.25, 0.3) is 22.3 Å². The van der Waals surface area contributed by atoms with Gasteiger partial charge in [-0.3, -0.25) is 0 Å². The third kappa shape index (κ3) is 3.49. The molecule has 0 radical (unpaired) electrons. The smallest absolute Gasteiger partial charge is 0.0503 e. The van der Waals surface area contributed by atoms with E-state index in [1.807, 2.05) is 0 Å². The van der Waals surface area contributed by atoms with Crippen LogP contribution in [0.2, 0.25) is 0 Å². The lowest BCUT2D eigenvalue weighted by molar-refractivity contribution is 0.803. The van der Waals surface area contributed by atoms with Gasteiger partial charge < -0.3 is 4.90 Å². The second-order valence-electron chi connectivity index (χ2n) is 9.35. The minimum absolute atomic E-state index is 0.423. The third-order valence-corrected chi connectivity index (χ3v) is 7.20. The minimum Gasteiger partial charge on any atom is -0.313 e. The molecule has 0 N–H and O–H groups in total. The van der Waals surface area contributed by atoms with Gasteiger partial charge in [0.1, 0.15) is 0 Å². The predicted molar refractivity (Wildman–Crippen MR) is 144 cm³/mol. The van der Waals surface area contributed by atoms with E-state index >= 15 is 0 Å². The Balaban J connectivity index is 1.52. The molecule has 6 rings (SSSR count). The van der Waals surface area contributed by atoms with Crippen molar-refractivity contribution < 1.29 is 0 Å². The van der Waals surface area contributed by atoms with Crippen molar-refractivity contribution in [3.8, 4) is 22.3 Å². The van der Waals surface area contributed by atoms with Gasteiger partial charge in [0.05, 0.1) is 5.69 Å². The average molecular weight is 440 g/mol. The van der Waals surface area contributed by atoms with Gasteiger partial charge in [0.25, 0.3) is 0 Å². The van der Waals surface area contributed by atoms with Gasteiger partial charge in [0, 0.05) is 17.3 Å².